The number of hydrogen-bond donors (Lipinski definition) is 0. The van der Waals surface area contributed by atoms with Gasteiger partial charge in [0.25, 0.3) is 5.56 Å². The molecule has 0 spiro atoms. The van der Waals surface area contributed by atoms with Gasteiger partial charge in [-0.25, -0.2) is 4.98 Å². The zero-order valence-electron chi connectivity index (χ0n) is 11.0. The maximum absolute atomic E-state index is 11.9. The predicted molar refractivity (Wildman–Crippen MR) is 80.1 cm³/mol. The average Bonchev–Trinajstić information content (AvgIpc) is 2.96. The van der Waals surface area contributed by atoms with Crippen molar-refractivity contribution in [1.82, 2.24) is 9.55 Å². The Kier molecular flexibility index (Phi) is 3.42. The van der Waals surface area contributed by atoms with Crippen molar-refractivity contribution in [2.75, 3.05) is 4.90 Å². The first-order valence-electron chi connectivity index (χ1n) is 6.22. The van der Waals surface area contributed by atoms with Crippen LogP contribution in [0.5, 0.6) is 0 Å². The van der Waals surface area contributed by atoms with Crippen LogP contribution >= 0.6 is 22.9 Å². The molecule has 0 fully saturated rings. The number of pyridine rings is 1. The summed E-state index contributed by atoms with van der Waals surface area (Å²) in [6, 6.07) is 2.49. The topological polar surface area (TPSA) is 81.3 Å². The molecule has 0 unspecified atom stereocenters. The fourth-order valence-electron chi connectivity index (χ4n) is 2.51. The largest absolute Gasteiger partial charge is 0.343 e. The SMILES string of the molecule is C[C@H]1Cn2c(c([N+](=O)[O-])ccc2=O)N1Cc1cnc(Cl)s1. The monoisotopic (exact) mass is 326 g/mol. The van der Waals surface area contributed by atoms with E-state index in [9.17, 15) is 14.9 Å². The number of thiazole rings is 1. The molecule has 2 aromatic rings. The van der Waals surface area contributed by atoms with Crippen molar-refractivity contribution in [2.45, 2.75) is 26.1 Å². The number of nitro groups is 1. The highest BCUT2D eigenvalue weighted by Crippen LogP contribution is 2.35. The third-order valence-electron chi connectivity index (χ3n) is 3.43. The number of aromatic nitrogens is 2. The molecule has 7 nitrogen and oxygen atoms in total. The van der Waals surface area contributed by atoms with E-state index in [4.69, 9.17) is 11.6 Å². The van der Waals surface area contributed by atoms with Crippen LogP contribution < -0.4 is 10.5 Å². The Labute approximate surface area is 128 Å². The van der Waals surface area contributed by atoms with Crippen LogP contribution in [0.3, 0.4) is 0 Å². The van der Waals surface area contributed by atoms with E-state index in [1.54, 1.807) is 6.20 Å². The highest BCUT2D eigenvalue weighted by molar-refractivity contribution is 7.15. The van der Waals surface area contributed by atoms with E-state index in [1.807, 2.05) is 11.8 Å². The molecular weight excluding hydrogens is 316 g/mol. The van der Waals surface area contributed by atoms with E-state index in [-0.39, 0.29) is 17.3 Å². The molecule has 1 aliphatic heterocycles. The third-order valence-corrected chi connectivity index (χ3v) is 4.53. The van der Waals surface area contributed by atoms with Gasteiger partial charge in [0, 0.05) is 35.8 Å². The van der Waals surface area contributed by atoms with Gasteiger partial charge in [-0.1, -0.05) is 11.6 Å². The molecule has 3 rings (SSSR count). The van der Waals surface area contributed by atoms with Crippen molar-refractivity contribution in [3.05, 3.63) is 48.1 Å². The minimum Gasteiger partial charge on any atom is -0.343 e. The standard InChI is InChI=1S/C12H11ClN4O3S/c1-7-5-16-10(18)3-2-9(17(19)20)11(16)15(7)6-8-4-14-12(13)21-8/h2-4,7H,5-6H2,1H3/t7-/m0/s1. The van der Waals surface area contributed by atoms with E-state index in [0.29, 0.717) is 23.4 Å². The molecular formula is C12H11ClN4O3S. The molecule has 1 atom stereocenters. The molecule has 0 aliphatic carbocycles. The van der Waals surface area contributed by atoms with Crippen molar-refractivity contribution >= 4 is 34.4 Å². The first kappa shape index (κ1) is 14.0. The number of fused-ring (bicyclic) bond motifs is 1. The molecule has 0 N–H and O–H groups in total. The average molecular weight is 327 g/mol. The van der Waals surface area contributed by atoms with Gasteiger partial charge >= 0.3 is 5.69 Å². The number of halogens is 1. The van der Waals surface area contributed by atoms with E-state index < -0.39 is 4.92 Å². The lowest BCUT2D eigenvalue weighted by molar-refractivity contribution is -0.384. The van der Waals surface area contributed by atoms with Crippen LogP contribution in [0.2, 0.25) is 4.47 Å². The Balaban J connectivity index is 2.07. The van der Waals surface area contributed by atoms with Crippen LogP contribution in [0.15, 0.2) is 23.1 Å². The maximum atomic E-state index is 11.9. The van der Waals surface area contributed by atoms with E-state index in [1.165, 1.54) is 28.0 Å². The van der Waals surface area contributed by atoms with Gasteiger partial charge in [0.2, 0.25) is 0 Å². The van der Waals surface area contributed by atoms with Crippen LogP contribution in [-0.4, -0.2) is 20.5 Å². The Morgan fingerprint density at radius 3 is 2.95 bits per heavy atom. The van der Waals surface area contributed by atoms with Gasteiger partial charge < -0.3 is 4.90 Å². The van der Waals surface area contributed by atoms with Gasteiger partial charge in [-0.05, 0) is 6.92 Å². The first-order chi connectivity index (χ1) is 9.97. The second-order valence-electron chi connectivity index (χ2n) is 4.80. The first-order valence-corrected chi connectivity index (χ1v) is 7.42. The fraction of sp³-hybridized carbons (Fsp3) is 0.333. The molecule has 0 bridgehead atoms. The maximum Gasteiger partial charge on any atom is 0.310 e. The highest BCUT2D eigenvalue weighted by Gasteiger charge is 2.34. The molecule has 1 aliphatic rings. The van der Waals surface area contributed by atoms with Gasteiger partial charge in [0.05, 0.1) is 11.5 Å². The highest BCUT2D eigenvalue weighted by atomic mass is 35.5. The Hall–Kier alpha value is -1.93. The summed E-state index contributed by atoms with van der Waals surface area (Å²) in [7, 11) is 0. The van der Waals surface area contributed by atoms with Crippen LogP contribution in [0.25, 0.3) is 0 Å². The van der Waals surface area contributed by atoms with Gasteiger partial charge in [-0.3, -0.25) is 19.5 Å². The number of nitrogens with zero attached hydrogens (tertiary/aromatic N) is 4. The minimum absolute atomic E-state index is 0.0142. The summed E-state index contributed by atoms with van der Waals surface area (Å²) in [4.78, 5) is 29.4. The van der Waals surface area contributed by atoms with Crippen molar-refractivity contribution in [1.29, 1.82) is 0 Å². The molecule has 0 saturated heterocycles. The predicted octanol–water partition coefficient (Wildman–Crippen LogP) is 2.28. The van der Waals surface area contributed by atoms with Gasteiger partial charge in [-0.2, -0.15) is 0 Å². The van der Waals surface area contributed by atoms with Gasteiger partial charge in [-0.15, -0.1) is 11.3 Å². The molecule has 0 aromatic carbocycles. The van der Waals surface area contributed by atoms with Crippen molar-refractivity contribution in [3.8, 4) is 0 Å². The second kappa shape index (κ2) is 5.12. The van der Waals surface area contributed by atoms with Crippen LogP contribution in [0.1, 0.15) is 11.8 Å². The molecule has 2 aromatic heterocycles. The Morgan fingerprint density at radius 2 is 2.33 bits per heavy atom. The molecule has 0 saturated carbocycles. The number of anilines is 1. The van der Waals surface area contributed by atoms with E-state index in [2.05, 4.69) is 4.98 Å². The molecule has 3 heterocycles. The fourth-order valence-corrected chi connectivity index (χ4v) is 3.48. The smallest absolute Gasteiger partial charge is 0.310 e. The number of rotatable bonds is 3. The molecule has 21 heavy (non-hydrogen) atoms. The van der Waals surface area contributed by atoms with Crippen molar-refractivity contribution < 1.29 is 4.92 Å². The molecule has 9 heteroatoms. The summed E-state index contributed by atoms with van der Waals surface area (Å²) in [6.45, 7) is 2.80. The molecule has 0 radical (unpaired) electrons. The lowest BCUT2D eigenvalue weighted by atomic mass is 10.3. The summed E-state index contributed by atoms with van der Waals surface area (Å²) in [5, 5.41) is 11.2. The summed E-state index contributed by atoms with van der Waals surface area (Å²) in [6.07, 6.45) is 1.65. The zero-order valence-corrected chi connectivity index (χ0v) is 12.6. The normalized spacial score (nSPS) is 17.0. The molecule has 0 amide bonds. The van der Waals surface area contributed by atoms with Crippen LogP contribution in [0.4, 0.5) is 11.5 Å². The minimum atomic E-state index is -0.462. The lowest BCUT2D eigenvalue weighted by Crippen LogP contribution is -2.28. The third kappa shape index (κ3) is 2.40. The summed E-state index contributed by atoms with van der Waals surface area (Å²) >= 11 is 7.14. The van der Waals surface area contributed by atoms with Gasteiger partial charge in [0.1, 0.15) is 0 Å². The summed E-state index contributed by atoms with van der Waals surface area (Å²) in [5.41, 5.74) is -0.290. The second-order valence-corrected chi connectivity index (χ2v) is 6.50. The molecule has 110 valence electrons. The zero-order chi connectivity index (χ0) is 15.1. The number of hydrogen-bond acceptors (Lipinski definition) is 6. The van der Waals surface area contributed by atoms with Crippen LogP contribution in [0, 0.1) is 10.1 Å². The van der Waals surface area contributed by atoms with Crippen LogP contribution in [-0.2, 0) is 13.1 Å². The quantitative estimate of drug-likeness (QED) is 0.638. The Morgan fingerprint density at radius 1 is 1.57 bits per heavy atom. The van der Waals surface area contributed by atoms with E-state index >= 15 is 0 Å². The van der Waals surface area contributed by atoms with Gasteiger partial charge in [0.15, 0.2) is 10.3 Å². The Bertz CT molecular complexity index is 772. The van der Waals surface area contributed by atoms with Crippen molar-refractivity contribution in [3.63, 3.8) is 0 Å². The van der Waals surface area contributed by atoms with E-state index in [0.717, 1.165) is 4.88 Å². The summed E-state index contributed by atoms with van der Waals surface area (Å²) < 4.78 is 1.88. The summed E-state index contributed by atoms with van der Waals surface area (Å²) in [5.74, 6) is 0.351. The lowest BCUT2D eigenvalue weighted by Gasteiger charge is -2.21. The van der Waals surface area contributed by atoms with Crippen molar-refractivity contribution in [2.24, 2.45) is 0 Å².